The lowest BCUT2D eigenvalue weighted by molar-refractivity contribution is -0.148. The molecule has 0 spiro atoms. The third kappa shape index (κ3) is 3.92. The number of carbonyl (C=O) groups is 1. The van der Waals surface area contributed by atoms with Crippen molar-refractivity contribution in [1.82, 2.24) is 9.80 Å². The van der Waals surface area contributed by atoms with E-state index in [2.05, 4.69) is 35.0 Å². The topological polar surface area (TPSA) is 32.8 Å². The predicted molar refractivity (Wildman–Crippen MR) is 96.8 cm³/mol. The molecule has 24 heavy (non-hydrogen) atoms. The molecule has 0 saturated carbocycles. The van der Waals surface area contributed by atoms with E-state index in [1.165, 1.54) is 45.0 Å². The van der Waals surface area contributed by atoms with Gasteiger partial charge in [0.1, 0.15) is 6.04 Å². The molecule has 0 unspecified atom stereocenters. The molecule has 0 radical (unpaired) electrons. The van der Waals surface area contributed by atoms with Crippen molar-refractivity contribution < 1.29 is 9.53 Å². The first kappa shape index (κ1) is 17.7. The standard InChI is InChI=1S/C20H32N2O2/c1-16(17-9-5-3-6-10-17)22-14-11-18(19(22)20(23)24-2)15-21-12-7-4-8-13-21/h3,5,9,16,18-19H,4,6-8,10-15H2,1-2H3/t16-,18-,19-/m0/s1. The molecule has 0 N–H and O–H groups in total. The summed E-state index contributed by atoms with van der Waals surface area (Å²) in [6.07, 6.45) is 13.9. The number of hydrogen-bond acceptors (Lipinski definition) is 4. The van der Waals surface area contributed by atoms with Gasteiger partial charge < -0.3 is 9.64 Å². The Morgan fingerprint density at radius 2 is 2.08 bits per heavy atom. The summed E-state index contributed by atoms with van der Waals surface area (Å²) in [4.78, 5) is 17.5. The Morgan fingerprint density at radius 3 is 2.75 bits per heavy atom. The molecule has 2 saturated heterocycles. The molecule has 0 aromatic carbocycles. The van der Waals surface area contributed by atoms with Crippen molar-refractivity contribution in [3.63, 3.8) is 0 Å². The zero-order valence-corrected chi connectivity index (χ0v) is 15.2. The third-order valence-electron chi connectivity index (χ3n) is 6.03. The van der Waals surface area contributed by atoms with Gasteiger partial charge in [-0.25, -0.2) is 0 Å². The lowest BCUT2D eigenvalue weighted by Gasteiger charge is -2.35. The van der Waals surface area contributed by atoms with Gasteiger partial charge in [0.2, 0.25) is 0 Å². The molecule has 2 aliphatic heterocycles. The van der Waals surface area contributed by atoms with Crippen LogP contribution in [0.3, 0.4) is 0 Å². The van der Waals surface area contributed by atoms with Crippen LogP contribution < -0.4 is 0 Å². The first-order valence-corrected chi connectivity index (χ1v) is 9.62. The van der Waals surface area contributed by atoms with Gasteiger partial charge in [-0.15, -0.1) is 0 Å². The number of hydrogen-bond donors (Lipinski definition) is 0. The van der Waals surface area contributed by atoms with E-state index in [1.54, 1.807) is 0 Å². The summed E-state index contributed by atoms with van der Waals surface area (Å²) in [5.74, 6) is 0.353. The van der Waals surface area contributed by atoms with Gasteiger partial charge in [0.25, 0.3) is 0 Å². The van der Waals surface area contributed by atoms with Gasteiger partial charge in [0.05, 0.1) is 7.11 Å². The molecular formula is C20H32N2O2. The monoisotopic (exact) mass is 332 g/mol. The highest BCUT2D eigenvalue weighted by Gasteiger charge is 2.43. The van der Waals surface area contributed by atoms with Crippen LogP contribution >= 0.6 is 0 Å². The van der Waals surface area contributed by atoms with Crippen LogP contribution in [0, 0.1) is 5.92 Å². The smallest absolute Gasteiger partial charge is 0.323 e. The lowest BCUT2D eigenvalue weighted by Crippen LogP contribution is -2.48. The van der Waals surface area contributed by atoms with Crippen molar-refractivity contribution in [1.29, 1.82) is 0 Å². The van der Waals surface area contributed by atoms with Gasteiger partial charge in [-0.1, -0.05) is 30.2 Å². The van der Waals surface area contributed by atoms with Crippen LogP contribution in [0.2, 0.25) is 0 Å². The van der Waals surface area contributed by atoms with Crippen molar-refractivity contribution in [3.05, 3.63) is 23.8 Å². The number of nitrogens with zero attached hydrogens (tertiary/aromatic N) is 2. The second kappa shape index (κ2) is 8.30. The van der Waals surface area contributed by atoms with E-state index in [-0.39, 0.29) is 12.0 Å². The highest BCUT2D eigenvalue weighted by Crippen LogP contribution is 2.32. The van der Waals surface area contributed by atoms with Crippen LogP contribution in [0.4, 0.5) is 0 Å². The minimum atomic E-state index is -0.0845. The number of ether oxygens (including phenoxy) is 1. The van der Waals surface area contributed by atoms with E-state index in [0.717, 1.165) is 32.4 Å². The Bertz CT molecular complexity index is 494. The Morgan fingerprint density at radius 1 is 1.29 bits per heavy atom. The summed E-state index contributed by atoms with van der Waals surface area (Å²) in [5.41, 5.74) is 1.45. The predicted octanol–water partition coefficient (Wildman–Crippen LogP) is 3.00. The van der Waals surface area contributed by atoms with E-state index >= 15 is 0 Å². The Hall–Kier alpha value is -1.13. The second-order valence-electron chi connectivity index (χ2n) is 7.50. The summed E-state index contributed by atoms with van der Waals surface area (Å²) >= 11 is 0. The second-order valence-corrected chi connectivity index (χ2v) is 7.50. The maximum Gasteiger partial charge on any atom is 0.323 e. The molecule has 3 aliphatic rings. The van der Waals surface area contributed by atoms with E-state index in [1.807, 2.05) is 0 Å². The molecule has 3 atom stereocenters. The Balaban J connectivity index is 1.70. The van der Waals surface area contributed by atoms with Crippen LogP contribution in [0.1, 0.15) is 45.4 Å². The van der Waals surface area contributed by atoms with Gasteiger partial charge >= 0.3 is 5.97 Å². The summed E-state index contributed by atoms with van der Waals surface area (Å²) in [6, 6.07) is 0.240. The SMILES string of the molecule is COC(=O)[C@@H]1[C@H](CN2CCCCC2)CCN1[C@@H](C)C1=CC=CCC1. The van der Waals surface area contributed by atoms with Crippen molar-refractivity contribution in [2.45, 2.75) is 57.5 Å². The third-order valence-corrected chi connectivity index (χ3v) is 6.03. The number of piperidine rings is 1. The Kier molecular flexibility index (Phi) is 6.12. The van der Waals surface area contributed by atoms with Crippen LogP contribution in [0.5, 0.6) is 0 Å². The average molecular weight is 332 g/mol. The van der Waals surface area contributed by atoms with Gasteiger partial charge in [-0.3, -0.25) is 9.69 Å². The largest absolute Gasteiger partial charge is 0.468 e. The maximum absolute atomic E-state index is 12.5. The average Bonchev–Trinajstić information content (AvgIpc) is 3.05. The molecule has 0 aromatic heterocycles. The molecule has 2 heterocycles. The summed E-state index contributed by atoms with van der Waals surface area (Å²) < 4.78 is 5.19. The van der Waals surface area contributed by atoms with Crippen LogP contribution in [0.25, 0.3) is 0 Å². The van der Waals surface area contributed by atoms with Crippen molar-refractivity contribution >= 4 is 5.97 Å². The van der Waals surface area contributed by atoms with Gasteiger partial charge in [-0.05, 0) is 64.6 Å². The molecule has 0 amide bonds. The molecule has 4 nitrogen and oxygen atoms in total. The van der Waals surface area contributed by atoms with E-state index in [0.29, 0.717) is 12.0 Å². The fourth-order valence-electron chi connectivity index (χ4n) is 4.61. The molecule has 0 aromatic rings. The summed E-state index contributed by atoms with van der Waals surface area (Å²) in [5, 5.41) is 0. The van der Waals surface area contributed by atoms with Gasteiger partial charge in [-0.2, -0.15) is 0 Å². The van der Waals surface area contributed by atoms with Crippen molar-refractivity contribution in [2.75, 3.05) is 33.3 Å². The van der Waals surface area contributed by atoms with Crippen molar-refractivity contribution in [2.24, 2.45) is 5.92 Å². The Labute approximate surface area is 146 Å². The summed E-state index contributed by atoms with van der Waals surface area (Å²) in [6.45, 7) is 6.68. The van der Waals surface area contributed by atoms with Crippen LogP contribution in [-0.4, -0.2) is 61.1 Å². The first-order chi connectivity index (χ1) is 11.7. The van der Waals surface area contributed by atoms with Crippen molar-refractivity contribution in [3.8, 4) is 0 Å². The summed E-state index contributed by atoms with van der Waals surface area (Å²) in [7, 11) is 1.53. The highest BCUT2D eigenvalue weighted by molar-refractivity contribution is 5.76. The fraction of sp³-hybridized carbons (Fsp3) is 0.750. The molecule has 2 fully saturated rings. The number of likely N-dealkylation sites (tertiary alicyclic amines) is 2. The number of allylic oxidation sites excluding steroid dienone is 3. The molecule has 3 rings (SSSR count). The molecular weight excluding hydrogens is 300 g/mol. The fourth-order valence-corrected chi connectivity index (χ4v) is 4.61. The van der Waals surface area contributed by atoms with E-state index in [4.69, 9.17) is 4.74 Å². The lowest BCUT2D eigenvalue weighted by atomic mass is 9.95. The van der Waals surface area contributed by atoms with Gasteiger partial charge in [0, 0.05) is 12.6 Å². The van der Waals surface area contributed by atoms with E-state index < -0.39 is 0 Å². The highest BCUT2D eigenvalue weighted by atomic mass is 16.5. The number of esters is 1. The molecule has 134 valence electrons. The zero-order valence-electron chi connectivity index (χ0n) is 15.2. The minimum Gasteiger partial charge on any atom is -0.468 e. The molecule has 4 heteroatoms. The number of rotatable bonds is 5. The van der Waals surface area contributed by atoms with Gasteiger partial charge in [0.15, 0.2) is 0 Å². The number of methoxy groups -OCH3 is 1. The molecule has 1 aliphatic carbocycles. The zero-order chi connectivity index (χ0) is 16.9. The normalized spacial score (nSPS) is 30.2. The maximum atomic E-state index is 12.5. The van der Waals surface area contributed by atoms with E-state index in [9.17, 15) is 4.79 Å². The first-order valence-electron chi connectivity index (χ1n) is 9.62. The number of carbonyl (C=O) groups excluding carboxylic acids is 1. The van der Waals surface area contributed by atoms with Crippen LogP contribution in [0.15, 0.2) is 23.8 Å². The quantitative estimate of drug-likeness (QED) is 0.725. The van der Waals surface area contributed by atoms with Crippen LogP contribution in [-0.2, 0) is 9.53 Å². The molecule has 0 bridgehead atoms. The minimum absolute atomic E-state index is 0.0479.